The van der Waals surface area contributed by atoms with Crippen LogP contribution in [-0.2, 0) is 0 Å². The van der Waals surface area contributed by atoms with Gasteiger partial charge in [-0.15, -0.1) is 0 Å². The average Bonchev–Trinajstić information content (AvgIpc) is 3.16. The maximum atomic E-state index is 6.56. The molecule has 1 unspecified atom stereocenters. The van der Waals surface area contributed by atoms with Gasteiger partial charge in [-0.3, -0.25) is 0 Å². The normalized spacial score (nSPS) is 12.2. The summed E-state index contributed by atoms with van der Waals surface area (Å²) in [6.07, 6.45) is 18.1. The highest BCUT2D eigenvalue weighted by atomic mass is 79.9. The van der Waals surface area contributed by atoms with E-state index in [1.807, 2.05) is 0 Å². The molecule has 4 rings (SSSR count). The van der Waals surface area contributed by atoms with Crippen molar-refractivity contribution < 1.29 is 23.7 Å². The largest absolute Gasteiger partial charge is 0.492 e. The van der Waals surface area contributed by atoms with Gasteiger partial charge in [-0.05, 0) is 129 Å². The highest BCUT2D eigenvalue weighted by Crippen LogP contribution is 2.46. The Balaban J connectivity index is 1.87. The van der Waals surface area contributed by atoms with E-state index in [-0.39, 0.29) is 0 Å². The van der Waals surface area contributed by atoms with Gasteiger partial charge in [-0.25, -0.2) is 0 Å². The van der Waals surface area contributed by atoms with Gasteiger partial charge in [0.2, 0.25) is 0 Å². The molecule has 0 aliphatic rings. The second kappa shape index (κ2) is 23.9. The molecule has 4 aromatic rings. The van der Waals surface area contributed by atoms with Crippen LogP contribution < -0.4 is 23.7 Å². The standard InChI is InChI=1S/C48H71BrO5/c1-8-12-16-24-50-45-31-39-37-29-43(49)44(54-28-23-36(7)22-20-21-35(5)6)30-38(37)40-32-46(51-25-17-13-9-2)48(53-27-19-15-11-4)34-42(40)41(39)33-47(45)52-26-18-14-10-3/h29-36H,8-28H2,1-7H3. The van der Waals surface area contributed by atoms with Crippen LogP contribution in [0.25, 0.3) is 32.3 Å². The van der Waals surface area contributed by atoms with E-state index in [0.29, 0.717) is 39.0 Å². The van der Waals surface area contributed by atoms with Gasteiger partial charge in [0.05, 0.1) is 37.5 Å². The lowest BCUT2D eigenvalue weighted by Gasteiger charge is -2.20. The third-order valence-corrected chi connectivity index (χ3v) is 11.1. The van der Waals surface area contributed by atoms with E-state index in [1.54, 1.807) is 0 Å². The van der Waals surface area contributed by atoms with Crippen molar-refractivity contribution in [2.24, 2.45) is 11.8 Å². The molecule has 0 saturated heterocycles. The fraction of sp³-hybridized carbons (Fsp3) is 0.625. The molecule has 5 nitrogen and oxygen atoms in total. The van der Waals surface area contributed by atoms with E-state index < -0.39 is 0 Å². The van der Waals surface area contributed by atoms with E-state index in [2.05, 4.69) is 101 Å². The molecule has 0 saturated carbocycles. The molecule has 6 heteroatoms. The summed E-state index contributed by atoms with van der Waals surface area (Å²) < 4.78 is 33.6. The molecule has 1 atom stereocenters. The average molecular weight is 808 g/mol. The molecule has 0 amide bonds. The van der Waals surface area contributed by atoms with E-state index >= 15 is 0 Å². The van der Waals surface area contributed by atoms with Crippen LogP contribution >= 0.6 is 15.9 Å². The highest BCUT2D eigenvalue weighted by molar-refractivity contribution is 9.10. The molecule has 0 N–H and O–H groups in total. The van der Waals surface area contributed by atoms with E-state index in [4.69, 9.17) is 23.7 Å². The van der Waals surface area contributed by atoms with Crippen molar-refractivity contribution >= 4 is 48.2 Å². The van der Waals surface area contributed by atoms with Crippen LogP contribution in [0.15, 0.2) is 40.9 Å². The first-order valence-corrected chi connectivity index (χ1v) is 22.4. The molecule has 0 fully saturated rings. The second-order valence-corrected chi connectivity index (χ2v) is 16.7. The lowest BCUT2D eigenvalue weighted by atomic mass is 9.93. The van der Waals surface area contributed by atoms with Crippen molar-refractivity contribution in [3.63, 3.8) is 0 Å². The molecule has 0 aliphatic heterocycles. The number of ether oxygens (including phenoxy) is 5. The summed E-state index contributed by atoms with van der Waals surface area (Å²) >= 11 is 3.92. The van der Waals surface area contributed by atoms with Crippen LogP contribution in [0.3, 0.4) is 0 Å². The van der Waals surface area contributed by atoms with Gasteiger partial charge in [-0.2, -0.15) is 0 Å². The SMILES string of the molecule is CCCCCOc1cc2c3cc(Br)c(OCCC(C)CCCC(C)C)cc3c3cc(OCCCCC)c(OCCCCC)cc3c2cc1OCCCCC. The lowest BCUT2D eigenvalue weighted by Crippen LogP contribution is -2.05. The maximum Gasteiger partial charge on any atom is 0.161 e. The Morgan fingerprint density at radius 2 is 0.722 bits per heavy atom. The number of rotatable bonds is 28. The zero-order valence-electron chi connectivity index (χ0n) is 34.9. The van der Waals surface area contributed by atoms with Crippen LogP contribution in [0.1, 0.15) is 151 Å². The number of hydrogen-bond acceptors (Lipinski definition) is 5. The third kappa shape index (κ3) is 13.1. The van der Waals surface area contributed by atoms with Crippen molar-refractivity contribution in [3.8, 4) is 28.7 Å². The fourth-order valence-electron chi connectivity index (χ4n) is 7.10. The Labute approximate surface area is 336 Å². The van der Waals surface area contributed by atoms with Gasteiger partial charge in [-0.1, -0.05) is 119 Å². The first kappa shape index (κ1) is 43.9. The van der Waals surface area contributed by atoms with Gasteiger partial charge in [0.1, 0.15) is 5.75 Å². The monoisotopic (exact) mass is 806 g/mol. The van der Waals surface area contributed by atoms with Crippen LogP contribution in [0.2, 0.25) is 0 Å². The third-order valence-electron chi connectivity index (χ3n) is 10.5. The first-order chi connectivity index (χ1) is 26.3. The fourth-order valence-corrected chi connectivity index (χ4v) is 7.56. The van der Waals surface area contributed by atoms with E-state index in [0.717, 1.165) is 155 Å². The first-order valence-electron chi connectivity index (χ1n) is 21.7. The zero-order chi connectivity index (χ0) is 38.7. The summed E-state index contributed by atoms with van der Waals surface area (Å²) in [5.74, 6) is 5.49. The molecule has 300 valence electrons. The van der Waals surface area contributed by atoms with Crippen molar-refractivity contribution in [3.05, 3.63) is 40.9 Å². The predicted molar refractivity (Wildman–Crippen MR) is 235 cm³/mol. The molecule has 0 radical (unpaired) electrons. The smallest absolute Gasteiger partial charge is 0.161 e. The summed E-state index contributed by atoms with van der Waals surface area (Å²) in [6.45, 7) is 19.2. The molecular weight excluding hydrogens is 736 g/mol. The van der Waals surface area contributed by atoms with Crippen molar-refractivity contribution in [2.75, 3.05) is 33.0 Å². The van der Waals surface area contributed by atoms with Crippen LogP contribution in [-0.4, -0.2) is 33.0 Å². The molecule has 0 bridgehead atoms. The maximum absolute atomic E-state index is 6.56. The molecule has 0 aliphatic carbocycles. The van der Waals surface area contributed by atoms with Crippen molar-refractivity contribution in [1.82, 2.24) is 0 Å². The summed E-state index contributed by atoms with van der Waals surface area (Å²) in [4.78, 5) is 0. The van der Waals surface area contributed by atoms with Crippen molar-refractivity contribution in [1.29, 1.82) is 0 Å². The minimum atomic E-state index is 0.630. The summed E-state index contributed by atoms with van der Waals surface area (Å²) in [7, 11) is 0. The van der Waals surface area contributed by atoms with Crippen molar-refractivity contribution in [2.45, 2.75) is 151 Å². The summed E-state index contributed by atoms with van der Waals surface area (Å²) in [5, 5.41) is 6.76. The molecular formula is C48H71BrO5. The van der Waals surface area contributed by atoms with Gasteiger partial charge in [0.15, 0.2) is 23.0 Å². The molecule has 0 spiro atoms. The zero-order valence-corrected chi connectivity index (χ0v) is 36.5. The molecule has 54 heavy (non-hydrogen) atoms. The van der Waals surface area contributed by atoms with E-state index in [1.165, 1.54) is 19.3 Å². The van der Waals surface area contributed by atoms with Gasteiger partial charge >= 0.3 is 0 Å². The Kier molecular flexibility index (Phi) is 19.4. The number of benzene rings is 4. The Morgan fingerprint density at radius 3 is 1.07 bits per heavy atom. The highest BCUT2D eigenvalue weighted by Gasteiger charge is 2.20. The topological polar surface area (TPSA) is 46.2 Å². The number of unbranched alkanes of at least 4 members (excludes halogenated alkanes) is 8. The number of fused-ring (bicyclic) bond motifs is 6. The summed E-state index contributed by atoms with van der Waals surface area (Å²) in [6, 6.07) is 13.3. The molecule has 4 aromatic carbocycles. The van der Waals surface area contributed by atoms with Crippen LogP contribution in [0.5, 0.6) is 28.7 Å². The van der Waals surface area contributed by atoms with Crippen LogP contribution in [0.4, 0.5) is 0 Å². The molecule has 0 heterocycles. The lowest BCUT2D eigenvalue weighted by molar-refractivity contribution is 0.260. The minimum absolute atomic E-state index is 0.630. The second-order valence-electron chi connectivity index (χ2n) is 15.8. The Hall–Kier alpha value is -2.86. The number of hydrogen-bond donors (Lipinski definition) is 0. The van der Waals surface area contributed by atoms with E-state index in [9.17, 15) is 0 Å². The Bertz CT molecular complexity index is 1700. The van der Waals surface area contributed by atoms with Gasteiger partial charge in [0.25, 0.3) is 0 Å². The quantitative estimate of drug-likeness (QED) is 0.0422. The van der Waals surface area contributed by atoms with Gasteiger partial charge < -0.3 is 23.7 Å². The van der Waals surface area contributed by atoms with Crippen LogP contribution in [0, 0.1) is 11.8 Å². The minimum Gasteiger partial charge on any atom is -0.492 e. The summed E-state index contributed by atoms with van der Waals surface area (Å²) in [5.41, 5.74) is 0. The predicted octanol–water partition coefficient (Wildman–Crippen LogP) is 15.4. The Morgan fingerprint density at radius 1 is 0.389 bits per heavy atom. The number of halogens is 1. The van der Waals surface area contributed by atoms with Gasteiger partial charge in [0, 0.05) is 0 Å². The molecule has 0 aromatic heterocycles.